The first-order chi connectivity index (χ1) is 10.6. The van der Waals surface area contributed by atoms with Crippen molar-refractivity contribution in [3.05, 3.63) is 34.9 Å². The highest BCUT2D eigenvalue weighted by Crippen LogP contribution is 2.19. The fourth-order valence-electron chi connectivity index (χ4n) is 2.52. The van der Waals surface area contributed by atoms with Gasteiger partial charge >= 0.3 is 6.03 Å². The van der Waals surface area contributed by atoms with E-state index in [0.29, 0.717) is 37.9 Å². The Kier molecular flexibility index (Phi) is 6.49. The van der Waals surface area contributed by atoms with E-state index in [1.165, 1.54) is 0 Å². The van der Waals surface area contributed by atoms with E-state index in [4.69, 9.17) is 16.3 Å². The summed E-state index contributed by atoms with van der Waals surface area (Å²) in [6.45, 7) is 4.48. The van der Waals surface area contributed by atoms with Crippen LogP contribution in [0.3, 0.4) is 0 Å². The lowest BCUT2D eigenvalue weighted by atomic mass is 10.0. The fraction of sp³-hybridized carbons (Fsp3) is 0.562. The lowest BCUT2D eigenvalue weighted by molar-refractivity contribution is 0.119. The maximum atomic E-state index is 12.0. The molecule has 2 rings (SSSR count). The topological polar surface area (TPSA) is 61.8 Å². The summed E-state index contributed by atoms with van der Waals surface area (Å²) in [6, 6.07) is 7.43. The van der Waals surface area contributed by atoms with Crippen LogP contribution in [0.25, 0.3) is 0 Å². The van der Waals surface area contributed by atoms with Gasteiger partial charge < -0.3 is 20.1 Å². The van der Waals surface area contributed by atoms with Crippen LogP contribution in [-0.2, 0) is 11.3 Å². The second-order valence-electron chi connectivity index (χ2n) is 5.65. The van der Waals surface area contributed by atoms with Crippen LogP contribution < -0.4 is 5.32 Å². The Morgan fingerprint density at radius 3 is 3.09 bits per heavy atom. The molecule has 0 unspecified atom stereocenters. The van der Waals surface area contributed by atoms with Gasteiger partial charge in [-0.05, 0) is 31.0 Å². The molecule has 0 aromatic heterocycles. The molecule has 1 aliphatic heterocycles. The average Bonchev–Trinajstić information content (AvgIpc) is 2.97. The number of hydrogen-bond donors (Lipinski definition) is 2. The smallest absolute Gasteiger partial charge is 0.317 e. The molecule has 0 saturated carbocycles. The van der Waals surface area contributed by atoms with Crippen molar-refractivity contribution in [1.82, 2.24) is 10.2 Å². The first-order valence-electron chi connectivity index (χ1n) is 7.59. The Labute approximate surface area is 136 Å². The molecule has 5 nitrogen and oxygen atoms in total. The maximum Gasteiger partial charge on any atom is 0.317 e. The van der Waals surface area contributed by atoms with Crippen LogP contribution in [0.15, 0.2) is 24.3 Å². The van der Waals surface area contributed by atoms with Crippen molar-refractivity contribution < 1.29 is 14.6 Å². The standard InChI is InChI=1S/C16H23ClN2O3/c1-12(20)14-5-7-19(10-14)16(21)18-6-8-22-11-13-3-2-4-15(17)9-13/h2-4,9,12,14,20H,5-8,10-11H2,1H3,(H,18,21)/t12-,14-/m0/s1. The number of likely N-dealkylation sites (tertiary alicyclic amines) is 1. The summed E-state index contributed by atoms with van der Waals surface area (Å²) < 4.78 is 5.52. The third-order valence-corrected chi connectivity index (χ3v) is 4.11. The minimum atomic E-state index is -0.362. The molecule has 0 spiro atoms. The van der Waals surface area contributed by atoms with Gasteiger partial charge in [-0.3, -0.25) is 0 Å². The zero-order valence-electron chi connectivity index (χ0n) is 12.8. The summed E-state index contributed by atoms with van der Waals surface area (Å²) >= 11 is 5.90. The second kappa shape index (κ2) is 8.36. The maximum absolute atomic E-state index is 12.0. The van der Waals surface area contributed by atoms with Crippen molar-refractivity contribution in [2.45, 2.75) is 26.1 Å². The molecule has 0 aliphatic carbocycles. The minimum Gasteiger partial charge on any atom is -0.393 e. The number of nitrogens with one attached hydrogen (secondary N) is 1. The number of halogens is 1. The van der Waals surface area contributed by atoms with Crippen molar-refractivity contribution in [2.75, 3.05) is 26.2 Å². The normalized spacial score (nSPS) is 19.2. The van der Waals surface area contributed by atoms with Gasteiger partial charge in [0, 0.05) is 30.6 Å². The second-order valence-corrected chi connectivity index (χ2v) is 6.09. The van der Waals surface area contributed by atoms with Gasteiger partial charge in [-0.1, -0.05) is 23.7 Å². The van der Waals surface area contributed by atoms with Crippen LogP contribution in [0.4, 0.5) is 4.79 Å². The van der Waals surface area contributed by atoms with Crippen molar-refractivity contribution in [2.24, 2.45) is 5.92 Å². The number of ether oxygens (including phenoxy) is 1. The van der Waals surface area contributed by atoms with Crippen LogP contribution in [0.2, 0.25) is 5.02 Å². The fourth-order valence-corrected chi connectivity index (χ4v) is 2.74. The molecule has 2 atom stereocenters. The first-order valence-corrected chi connectivity index (χ1v) is 7.97. The van der Waals surface area contributed by atoms with Crippen LogP contribution >= 0.6 is 11.6 Å². The molecule has 1 heterocycles. The molecule has 1 saturated heterocycles. The van der Waals surface area contributed by atoms with Crippen LogP contribution in [0, 0.1) is 5.92 Å². The Hall–Kier alpha value is -1.30. The predicted molar refractivity (Wildman–Crippen MR) is 85.9 cm³/mol. The van der Waals surface area contributed by atoms with E-state index < -0.39 is 0 Å². The molecule has 0 bridgehead atoms. The Bertz CT molecular complexity index is 496. The summed E-state index contributed by atoms with van der Waals surface area (Å²) in [7, 11) is 0. The average molecular weight is 327 g/mol. The lowest BCUT2D eigenvalue weighted by Gasteiger charge is -2.18. The summed E-state index contributed by atoms with van der Waals surface area (Å²) in [4.78, 5) is 13.7. The highest BCUT2D eigenvalue weighted by atomic mass is 35.5. The largest absolute Gasteiger partial charge is 0.393 e. The highest BCUT2D eigenvalue weighted by Gasteiger charge is 2.28. The molecule has 0 radical (unpaired) electrons. The molecule has 22 heavy (non-hydrogen) atoms. The highest BCUT2D eigenvalue weighted by molar-refractivity contribution is 6.30. The molecule has 122 valence electrons. The van der Waals surface area contributed by atoms with E-state index >= 15 is 0 Å². The van der Waals surface area contributed by atoms with Gasteiger partial charge in [0.05, 0.1) is 19.3 Å². The van der Waals surface area contributed by atoms with E-state index in [1.807, 2.05) is 24.3 Å². The van der Waals surface area contributed by atoms with E-state index in [0.717, 1.165) is 12.0 Å². The zero-order chi connectivity index (χ0) is 15.9. The van der Waals surface area contributed by atoms with Crippen LogP contribution in [-0.4, -0.2) is 48.4 Å². The summed E-state index contributed by atoms with van der Waals surface area (Å²) in [5.41, 5.74) is 1.01. The van der Waals surface area contributed by atoms with E-state index in [-0.39, 0.29) is 18.1 Å². The number of urea groups is 1. The Balaban J connectivity index is 1.60. The van der Waals surface area contributed by atoms with Crippen molar-refractivity contribution in [1.29, 1.82) is 0 Å². The van der Waals surface area contributed by atoms with E-state index in [1.54, 1.807) is 11.8 Å². The molecular formula is C16H23ClN2O3. The van der Waals surface area contributed by atoms with Gasteiger partial charge in [-0.2, -0.15) is 0 Å². The van der Waals surface area contributed by atoms with Crippen LogP contribution in [0.1, 0.15) is 18.9 Å². The molecule has 1 fully saturated rings. The Morgan fingerprint density at radius 1 is 1.59 bits per heavy atom. The van der Waals surface area contributed by atoms with Gasteiger partial charge in [0.15, 0.2) is 0 Å². The number of aliphatic hydroxyl groups excluding tert-OH is 1. The monoisotopic (exact) mass is 326 g/mol. The van der Waals surface area contributed by atoms with E-state index in [2.05, 4.69) is 5.32 Å². The van der Waals surface area contributed by atoms with Crippen molar-refractivity contribution in [3.63, 3.8) is 0 Å². The Morgan fingerprint density at radius 2 is 2.41 bits per heavy atom. The third-order valence-electron chi connectivity index (χ3n) is 3.87. The van der Waals surface area contributed by atoms with Crippen LogP contribution in [0.5, 0.6) is 0 Å². The van der Waals surface area contributed by atoms with Gasteiger partial charge in [0.2, 0.25) is 0 Å². The molecule has 2 N–H and O–H groups in total. The zero-order valence-corrected chi connectivity index (χ0v) is 13.6. The molecule has 6 heteroatoms. The summed E-state index contributed by atoms with van der Waals surface area (Å²) in [5.74, 6) is 0.185. The third kappa shape index (κ3) is 5.16. The number of nitrogens with zero attached hydrogens (tertiary/aromatic N) is 1. The SMILES string of the molecule is C[C@H](O)[C@H]1CCN(C(=O)NCCOCc2cccc(Cl)c2)C1. The molecular weight excluding hydrogens is 304 g/mol. The molecule has 1 aliphatic rings. The quantitative estimate of drug-likeness (QED) is 0.788. The van der Waals surface area contributed by atoms with Gasteiger partial charge in [0.1, 0.15) is 0 Å². The van der Waals surface area contributed by atoms with Gasteiger partial charge in [-0.15, -0.1) is 0 Å². The van der Waals surface area contributed by atoms with Crippen molar-refractivity contribution in [3.8, 4) is 0 Å². The summed E-state index contributed by atoms with van der Waals surface area (Å²) in [6.07, 6.45) is 0.495. The van der Waals surface area contributed by atoms with Gasteiger partial charge in [-0.25, -0.2) is 4.79 Å². The molecule has 1 aromatic rings. The minimum absolute atomic E-state index is 0.0884. The number of amides is 2. The molecule has 1 aromatic carbocycles. The first kappa shape index (κ1) is 17.1. The van der Waals surface area contributed by atoms with Crippen molar-refractivity contribution >= 4 is 17.6 Å². The lowest BCUT2D eigenvalue weighted by Crippen LogP contribution is -2.40. The van der Waals surface area contributed by atoms with E-state index in [9.17, 15) is 9.90 Å². The number of carbonyl (C=O) groups excluding carboxylic acids is 1. The number of rotatable bonds is 6. The number of benzene rings is 1. The number of hydrogen-bond acceptors (Lipinski definition) is 3. The predicted octanol–water partition coefficient (Wildman–Crippen LogP) is 2.27. The van der Waals surface area contributed by atoms with Gasteiger partial charge in [0.25, 0.3) is 0 Å². The number of carbonyl (C=O) groups is 1. The number of aliphatic hydroxyl groups is 1. The summed E-state index contributed by atoms with van der Waals surface area (Å²) in [5, 5.41) is 13.1. The molecule has 2 amide bonds.